The van der Waals surface area contributed by atoms with Crippen molar-refractivity contribution in [1.29, 1.82) is 0 Å². The minimum Gasteiger partial charge on any atom is -0.508 e. The first-order chi connectivity index (χ1) is 13.2. The summed E-state index contributed by atoms with van der Waals surface area (Å²) in [6.07, 6.45) is 0. The van der Waals surface area contributed by atoms with Gasteiger partial charge in [0.2, 0.25) is 0 Å². The van der Waals surface area contributed by atoms with Crippen molar-refractivity contribution in [1.82, 2.24) is 5.32 Å². The number of hydrogen-bond acceptors (Lipinski definition) is 2. The Morgan fingerprint density at radius 2 is 1.26 bits per heavy atom. The van der Waals surface area contributed by atoms with Crippen LogP contribution in [0.3, 0.4) is 0 Å². The lowest BCUT2D eigenvalue weighted by Gasteiger charge is -2.26. The fourth-order valence-electron chi connectivity index (χ4n) is 3.67. The third-order valence-electron chi connectivity index (χ3n) is 5.09. The second-order valence-corrected chi connectivity index (χ2v) is 6.86. The van der Waals surface area contributed by atoms with E-state index >= 15 is 0 Å². The van der Waals surface area contributed by atoms with Crippen LogP contribution in [0.15, 0.2) is 97.1 Å². The van der Waals surface area contributed by atoms with Gasteiger partial charge in [0.05, 0.1) is 6.04 Å². The molecule has 2 atom stereocenters. The first kappa shape index (κ1) is 17.3. The Labute approximate surface area is 160 Å². The first-order valence-corrected chi connectivity index (χ1v) is 9.30. The molecule has 2 unspecified atom stereocenters. The molecule has 0 amide bonds. The molecule has 2 heteroatoms. The summed E-state index contributed by atoms with van der Waals surface area (Å²) in [5.41, 5.74) is 3.27. The summed E-state index contributed by atoms with van der Waals surface area (Å²) in [5, 5.41) is 16.7. The van der Waals surface area contributed by atoms with Gasteiger partial charge >= 0.3 is 0 Å². The molecule has 0 aromatic heterocycles. The molecular formula is C25H23NO. The summed E-state index contributed by atoms with van der Waals surface area (Å²) in [6, 6.07) is 32.7. The zero-order valence-corrected chi connectivity index (χ0v) is 15.3. The summed E-state index contributed by atoms with van der Waals surface area (Å²) in [7, 11) is 0. The molecule has 134 valence electrons. The molecule has 0 bridgehead atoms. The normalized spacial score (nSPS) is 13.4. The zero-order valence-electron chi connectivity index (χ0n) is 15.3. The lowest BCUT2D eigenvalue weighted by atomic mass is 9.91. The Morgan fingerprint density at radius 3 is 1.96 bits per heavy atom. The maximum Gasteiger partial charge on any atom is 0.121 e. The van der Waals surface area contributed by atoms with Gasteiger partial charge in [-0.05, 0) is 34.9 Å². The Morgan fingerprint density at radius 1 is 0.667 bits per heavy atom. The summed E-state index contributed by atoms with van der Waals surface area (Å²) < 4.78 is 0. The SMILES string of the molecule is CC(NC(c1ccccc1)c1c(O)ccc2ccccc12)c1ccccc1. The van der Waals surface area contributed by atoms with Crippen LogP contribution < -0.4 is 5.32 Å². The van der Waals surface area contributed by atoms with Crippen molar-refractivity contribution in [2.75, 3.05) is 0 Å². The van der Waals surface area contributed by atoms with Gasteiger partial charge in [0, 0.05) is 11.6 Å². The topological polar surface area (TPSA) is 32.3 Å². The fraction of sp³-hybridized carbons (Fsp3) is 0.120. The molecule has 4 rings (SSSR count). The number of fused-ring (bicyclic) bond motifs is 1. The second-order valence-electron chi connectivity index (χ2n) is 6.86. The fourth-order valence-corrected chi connectivity index (χ4v) is 3.67. The third-order valence-corrected chi connectivity index (χ3v) is 5.09. The highest BCUT2D eigenvalue weighted by Crippen LogP contribution is 2.37. The van der Waals surface area contributed by atoms with Crippen LogP contribution in [0.25, 0.3) is 10.8 Å². The van der Waals surface area contributed by atoms with E-state index in [1.807, 2.05) is 42.5 Å². The standard InChI is InChI=1S/C25H23NO/c1-18(19-10-4-2-5-11-19)26-25(21-13-6-3-7-14-21)24-22-15-9-8-12-20(22)16-17-23(24)27/h2-18,25-27H,1H3. The smallest absolute Gasteiger partial charge is 0.121 e. The average Bonchev–Trinajstić information content (AvgIpc) is 2.73. The molecule has 0 fully saturated rings. The number of benzene rings is 4. The summed E-state index contributed by atoms with van der Waals surface area (Å²) in [5.74, 6) is 0.315. The Bertz CT molecular complexity index is 1030. The Balaban J connectivity index is 1.84. The molecule has 2 nitrogen and oxygen atoms in total. The molecule has 0 aliphatic rings. The highest BCUT2D eigenvalue weighted by atomic mass is 16.3. The van der Waals surface area contributed by atoms with Crippen molar-refractivity contribution in [2.45, 2.75) is 19.0 Å². The van der Waals surface area contributed by atoms with Crippen molar-refractivity contribution in [3.8, 4) is 5.75 Å². The number of hydrogen-bond donors (Lipinski definition) is 2. The lowest BCUT2D eigenvalue weighted by molar-refractivity contribution is 0.449. The molecule has 0 aliphatic carbocycles. The van der Waals surface area contributed by atoms with E-state index in [9.17, 15) is 5.11 Å². The highest BCUT2D eigenvalue weighted by Gasteiger charge is 2.22. The van der Waals surface area contributed by atoms with Crippen molar-refractivity contribution in [3.63, 3.8) is 0 Å². The number of aromatic hydroxyl groups is 1. The first-order valence-electron chi connectivity index (χ1n) is 9.30. The molecular weight excluding hydrogens is 330 g/mol. The summed E-state index contributed by atoms with van der Waals surface area (Å²) in [6.45, 7) is 2.16. The molecule has 2 N–H and O–H groups in total. The molecule has 0 aliphatic heterocycles. The van der Waals surface area contributed by atoms with Gasteiger partial charge in [0.1, 0.15) is 5.75 Å². The predicted octanol–water partition coefficient (Wildman–Crippen LogP) is 5.99. The maximum absolute atomic E-state index is 10.8. The number of phenolic OH excluding ortho intramolecular Hbond substituents is 1. The monoisotopic (exact) mass is 353 g/mol. The van der Waals surface area contributed by atoms with Crippen LogP contribution in [0.5, 0.6) is 5.75 Å². The van der Waals surface area contributed by atoms with E-state index in [1.54, 1.807) is 6.07 Å². The van der Waals surface area contributed by atoms with Gasteiger partial charge in [0.15, 0.2) is 0 Å². The molecule has 4 aromatic rings. The minimum absolute atomic E-state index is 0.118. The quantitative estimate of drug-likeness (QED) is 0.462. The van der Waals surface area contributed by atoms with Crippen LogP contribution in [0, 0.1) is 0 Å². The van der Waals surface area contributed by atoms with Gasteiger partial charge in [0.25, 0.3) is 0 Å². The zero-order chi connectivity index (χ0) is 18.6. The van der Waals surface area contributed by atoms with Gasteiger partial charge in [-0.1, -0.05) is 91.0 Å². The van der Waals surface area contributed by atoms with Crippen LogP contribution in [0.4, 0.5) is 0 Å². The van der Waals surface area contributed by atoms with Crippen LogP contribution in [-0.4, -0.2) is 5.11 Å². The van der Waals surface area contributed by atoms with Gasteiger partial charge in [-0.3, -0.25) is 5.32 Å². The van der Waals surface area contributed by atoms with E-state index in [0.29, 0.717) is 5.75 Å². The molecule has 0 saturated heterocycles. The minimum atomic E-state index is -0.118. The molecule has 0 spiro atoms. The second kappa shape index (κ2) is 7.65. The van der Waals surface area contributed by atoms with E-state index in [1.165, 1.54) is 5.56 Å². The average molecular weight is 353 g/mol. The van der Waals surface area contributed by atoms with Gasteiger partial charge in [-0.15, -0.1) is 0 Å². The van der Waals surface area contributed by atoms with Crippen LogP contribution in [0.1, 0.15) is 35.7 Å². The molecule has 0 heterocycles. The Kier molecular flexibility index (Phi) is 4.91. The predicted molar refractivity (Wildman–Crippen MR) is 112 cm³/mol. The third kappa shape index (κ3) is 3.57. The number of phenols is 1. The van der Waals surface area contributed by atoms with Gasteiger partial charge in [-0.2, -0.15) is 0 Å². The van der Waals surface area contributed by atoms with Crippen molar-refractivity contribution >= 4 is 10.8 Å². The summed E-state index contributed by atoms with van der Waals surface area (Å²) in [4.78, 5) is 0. The van der Waals surface area contributed by atoms with Gasteiger partial charge < -0.3 is 5.11 Å². The largest absolute Gasteiger partial charge is 0.508 e. The number of nitrogens with one attached hydrogen (secondary N) is 1. The van der Waals surface area contributed by atoms with Crippen molar-refractivity contribution in [3.05, 3.63) is 114 Å². The summed E-state index contributed by atoms with van der Waals surface area (Å²) >= 11 is 0. The van der Waals surface area contributed by atoms with E-state index in [4.69, 9.17) is 0 Å². The van der Waals surface area contributed by atoms with E-state index < -0.39 is 0 Å². The van der Waals surface area contributed by atoms with E-state index in [2.05, 4.69) is 60.8 Å². The van der Waals surface area contributed by atoms with E-state index in [0.717, 1.165) is 21.9 Å². The molecule has 0 saturated carbocycles. The maximum atomic E-state index is 10.8. The number of rotatable bonds is 5. The highest BCUT2D eigenvalue weighted by molar-refractivity contribution is 5.88. The van der Waals surface area contributed by atoms with Crippen LogP contribution >= 0.6 is 0 Å². The van der Waals surface area contributed by atoms with Crippen molar-refractivity contribution < 1.29 is 5.11 Å². The molecule has 4 aromatic carbocycles. The van der Waals surface area contributed by atoms with Gasteiger partial charge in [-0.25, -0.2) is 0 Å². The van der Waals surface area contributed by atoms with Crippen LogP contribution in [-0.2, 0) is 0 Å². The Hall–Kier alpha value is -3.10. The molecule has 0 radical (unpaired) electrons. The molecule has 27 heavy (non-hydrogen) atoms. The van der Waals surface area contributed by atoms with Crippen LogP contribution in [0.2, 0.25) is 0 Å². The lowest BCUT2D eigenvalue weighted by Crippen LogP contribution is -2.26. The van der Waals surface area contributed by atoms with Crippen molar-refractivity contribution in [2.24, 2.45) is 0 Å². The van der Waals surface area contributed by atoms with E-state index in [-0.39, 0.29) is 12.1 Å².